The molecule has 0 heterocycles. The molecule has 2 aromatic carbocycles. The minimum Gasteiger partial charge on any atom is -0.493 e. The van der Waals surface area contributed by atoms with Crippen molar-refractivity contribution in [1.82, 2.24) is 4.90 Å². The Bertz CT molecular complexity index is 936. The lowest BCUT2D eigenvalue weighted by atomic mass is 9.93. The van der Waals surface area contributed by atoms with Crippen molar-refractivity contribution in [2.75, 3.05) is 13.7 Å². The Kier molecular flexibility index (Phi) is 8.58. The highest BCUT2D eigenvalue weighted by atomic mass is 16.5. The normalized spacial score (nSPS) is 14.1. The van der Waals surface area contributed by atoms with Crippen LogP contribution in [0.3, 0.4) is 0 Å². The number of ether oxygens (including phenoxy) is 3. The second-order valence-electron chi connectivity index (χ2n) is 8.66. The molecule has 0 unspecified atom stereocenters. The van der Waals surface area contributed by atoms with Gasteiger partial charge in [0.2, 0.25) is 0 Å². The minimum absolute atomic E-state index is 0.00557. The van der Waals surface area contributed by atoms with Gasteiger partial charge in [0, 0.05) is 18.2 Å². The highest BCUT2D eigenvalue weighted by Gasteiger charge is 2.27. The standard InChI is InChI=1S/C26H34N2O5/c1-18(2)33-22-12-10-20(11-13-22)26(30)28(21-7-5-4-6-8-21)16-19-9-14-23(24(15-19)31-3)32-17-25(27)29/h9-15,18,21H,4-8,16-17H2,1-3H3,(H2,27,29). The molecule has 3 rings (SSSR count). The van der Waals surface area contributed by atoms with Crippen molar-refractivity contribution >= 4 is 11.8 Å². The predicted molar refractivity (Wildman–Crippen MR) is 127 cm³/mol. The topological polar surface area (TPSA) is 91.1 Å². The maximum atomic E-state index is 13.6. The van der Waals surface area contributed by atoms with Crippen molar-refractivity contribution in [3.05, 3.63) is 53.6 Å². The van der Waals surface area contributed by atoms with Crippen LogP contribution in [-0.2, 0) is 11.3 Å². The average molecular weight is 455 g/mol. The van der Waals surface area contributed by atoms with E-state index in [2.05, 4.69) is 0 Å². The van der Waals surface area contributed by atoms with E-state index >= 15 is 0 Å². The van der Waals surface area contributed by atoms with Gasteiger partial charge in [-0.15, -0.1) is 0 Å². The zero-order valence-electron chi connectivity index (χ0n) is 19.7. The molecule has 1 aliphatic carbocycles. The Balaban J connectivity index is 1.82. The van der Waals surface area contributed by atoms with E-state index in [-0.39, 0.29) is 24.7 Å². The van der Waals surface area contributed by atoms with Crippen molar-refractivity contribution in [2.24, 2.45) is 5.73 Å². The van der Waals surface area contributed by atoms with Crippen LogP contribution in [0, 0.1) is 0 Å². The molecule has 0 aliphatic heterocycles. The summed E-state index contributed by atoms with van der Waals surface area (Å²) in [5.41, 5.74) is 6.75. The van der Waals surface area contributed by atoms with Crippen LogP contribution in [0.4, 0.5) is 0 Å². The Hall–Kier alpha value is -3.22. The number of carbonyl (C=O) groups excluding carboxylic acids is 2. The lowest BCUT2D eigenvalue weighted by molar-refractivity contribution is -0.119. The number of amides is 2. The van der Waals surface area contributed by atoms with Gasteiger partial charge < -0.3 is 24.8 Å². The van der Waals surface area contributed by atoms with Crippen molar-refractivity contribution in [3.63, 3.8) is 0 Å². The molecular formula is C26H34N2O5. The molecule has 0 saturated heterocycles. The van der Waals surface area contributed by atoms with Crippen LogP contribution in [0.5, 0.6) is 17.2 Å². The fourth-order valence-corrected chi connectivity index (χ4v) is 4.15. The van der Waals surface area contributed by atoms with E-state index in [4.69, 9.17) is 19.9 Å². The first-order valence-corrected chi connectivity index (χ1v) is 11.5. The molecule has 7 nitrogen and oxygen atoms in total. The third kappa shape index (κ3) is 6.88. The SMILES string of the molecule is COc1cc(CN(C(=O)c2ccc(OC(C)C)cc2)C2CCCCC2)ccc1OCC(N)=O. The average Bonchev–Trinajstić information content (AvgIpc) is 2.81. The molecule has 178 valence electrons. The smallest absolute Gasteiger partial charge is 0.255 e. The predicted octanol–water partition coefficient (Wildman–Crippen LogP) is 4.32. The van der Waals surface area contributed by atoms with Gasteiger partial charge in [0.05, 0.1) is 13.2 Å². The molecule has 0 aromatic heterocycles. The molecule has 0 radical (unpaired) electrons. The molecule has 33 heavy (non-hydrogen) atoms. The third-order valence-electron chi connectivity index (χ3n) is 5.70. The molecule has 7 heteroatoms. The third-order valence-corrected chi connectivity index (χ3v) is 5.70. The highest BCUT2D eigenvalue weighted by Crippen LogP contribution is 2.31. The maximum Gasteiger partial charge on any atom is 0.255 e. The van der Waals surface area contributed by atoms with Crippen molar-refractivity contribution in [3.8, 4) is 17.2 Å². The van der Waals surface area contributed by atoms with Crippen LogP contribution < -0.4 is 19.9 Å². The lowest BCUT2D eigenvalue weighted by Crippen LogP contribution is -2.41. The Morgan fingerprint density at radius 1 is 1.03 bits per heavy atom. The zero-order valence-corrected chi connectivity index (χ0v) is 19.7. The summed E-state index contributed by atoms with van der Waals surface area (Å²) >= 11 is 0. The molecule has 0 bridgehead atoms. The van der Waals surface area contributed by atoms with E-state index in [1.165, 1.54) is 6.42 Å². The molecule has 2 N–H and O–H groups in total. The van der Waals surface area contributed by atoms with E-state index in [9.17, 15) is 9.59 Å². The first-order valence-electron chi connectivity index (χ1n) is 11.5. The summed E-state index contributed by atoms with van der Waals surface area (Å²) in [4.78, 5) is 26.6. The first kappa shape index (κ1) is 24.4. The fraction of sp³-hybridized carbons (Fsp3) is 0.462. The van der Waals surface area contributed by atoms with Crippen LogP contribution in [0.15, 0.2) is 42.5 Å². The van der Waals surface area contributed by atoms with Crippen LogP contribution in [0.2, 0.25) is 0 Å². The molecule has 0 atom stereocenters. The zero-order chi connectivity index (χ0) is 23.8. The van der Waals surface area contributed by atoms with Crippen molar-refractivity contribution in [1.29, 1.82) is 0 Å². The van der Waals surface area contributed by atoms with Crippen molar-refractivity contribution in [2.45, 2.75) is 64.6 Å². The largest absolute Gasteiger partial charge is 0.493 e. The molecular weight excluding hydrogens is 420 g/mol. The number of primary amides is 1. The second kappa shape index (κ2) is 11.6. The van der Waals surface area contributed by atoms with Gasteiger partial charge >= 0.3 is 0 Å². The summed E-state index contributed by atoms with van der Waals surface area (Å²) in [6, 6.07) is 13.0. The van der Waals surface area contributed by atoms with Gasteiger partial charge in [-0.3, -0.25) is 9.59 Å². The summed E-state index contributed by atoms with van der Waals surface area (Å²) in [5.74, 6) is 1.14. The fourth-order valence-electron chi connectivity index (χ4n) is 4.15. The van der Waals surface area contributed by atoms with Crippen LogP contribution in [0.1, 0.15) is 61.9 Å². The van der Waals surface area contributed by atoms with Crippen LogP contribution in [0.25, 0.3) is 0 Å². The minimum atomic E-state index is -0.556. The number of methoxy groups -OCH3 is 1. The summed E-state index contributed by atoms with van der Waals surface area (Å²) < 4.78 is 16.6. The summed E-state index contributed by atoms with van der Waals surface area (Å²) in [6.45, 7) is 4.18. The van der Waals surface area contributed by atoms with Crippen molar-refractivity contribution < 1.29 is 23.8 Å². The molecule has 1 saturated carbocycles. The number of benzene rings is 2. The van der Waals surface area contributed by atoms with Gasteiger partial charge in [-0.05, 0) is 68.7 Å². The summed E-state index contributed by atoms with van der Waals surface area (Å²) in [6.07, 6.45) is 5.53. The molecule has 2 amide bonds. The Labute approximate surface area is 195 Å². The number of hydrogen-bond acceptors (Lipinski definition) is 5. The molecule has 1 fully saturated rings. The maximum absolute atomic E-state index is 13.6. The van der Waals surface area contributed by atoms with E-state index in [1.807, 2.05) is 55.1 Å². The first-order chi connectivity index (χ1) is 15.9. The Morgan fingerprint density at radius 3 is 2.33 bits per heavy atom. The van der Waals surface area contributed by atoms with Gasteiger partial charge in [0.15, 0.2) is 18.1 Å². The van der Waals surface area contributed by atoms with Crippen LogP contribution >= 0.6 is 0 Å². The van der Waals surface area contributed by atoms with E-state index in [0.29, 0.717) is 23.6 Å². The number of nitrogens with zero attached hydrogens (tertiary/aromatic N) is 1. The molecule has 1 aliphatic rings. The van der Waals surface area contributed by atoms with E-state index in [0.717, 1.165) is 37.0 Å². The van der Waals surface area contributed by atoms with E-state index < -0.39 is 5.91 Å². The molecule has 0 spiro atoms. The quantitative estimate of drug-likeness (QED) is 0.577. The van der Waals surface area contributed by atoms with Gasteiger partial charge in [-0.1, -0.05) is 25.3 Å². The number of rotatable bonds is 10. The Morgan fingerprint density at radius 2 is 1.73 bits per heavy atom. The molecule has 2 aromatic rings. The lowest BCUT2D eigenvalue weighted by Gasteiger charge is -2.35. The number of carbonyl (C=O) groups is 2. The van der Waals surface area contributed by atoms with Gasteiger partial charge in [0.25, 0.3) is 11.8 Å². The van der Waals surface area contributed by atoms with Crippen LogP contribution in [-0.4, -0.2) is 42.6 Å². The highest BCUT2D eigenvalue weighted by molar-refractivity contribution is 5.94. The van der Waals surface area contributed by atoms with Gasteiger partial charge in [-0.25, -0.2) is 0 Å². The second-order valence-corrected chi connectivity index (χ2v) is 8.66. The summed E-state index contributed by atoms with van der Waals surface area (Å²) in [5, 5.41) is 0. The van der Waals surface area contributed by atoms with Gasteiger partial charge in [-0.2, -0.15) is 0 Å². The monoisotopic (exact) mass is 454 g/mol. The number of hydrogen-bond donors (Lipinski definition) is 1. The number of nitrogens with two attached hydrogens (primary N) is 1. The summed E-state index contributed by atoms with van der Waals surface area (Å²) in [7, 11) is 1.54. The van der Waals surface area contributed by atoms with E-state index in [1.54, 1.807) is 13.2 Å². The van der Waals surface area contributed by atoms with Gasteiger partial charge in [0.1, 0.15) is 5.75 Å².